The van der Waals surface area contributed by atoms with Gasteiger partial charge in [-0.05, 0) is 42.7 Å². The first-order valence-electron chi connectivity index (χ1n) is 8.36. The number of thioether (sulfide) groups is 2. The average molecular weight is 399 g/mol. The Morgan fingerprint density at radius 1 is 0.962 bits per heavy atom. The van der Waals surface area contributed by atoms with Crippen LogP contribution in [-0.2, 0) is 4.79 Å². The highest BCUT2D eigenvalue weighted by Gasteiger charge is 2.22. The van der Waals surface area contributed by atoms with Crippen LogP contribution in [0.3, 0.4) is 0 Å². The van der Waals surface area contributed by atoms with Crippen molar-refractivity contribution in [1.29, 1.82) is 0 Å². The third-order valence-corrected chi connectivity index (χ3v) is 6.94. The molecule has 2 aromatic rings. The molecule has 0 bridgehead atoms. The summed E-state index contributed by atoms with van der Waals surface area (Å²) in [5, 5.41) is 0.692. The molecule has 0 N–H and O–H groups in total. The summed E-state index contributed by atoms with van der Waals surface area (Å²) >= 11 is 9.66. The van der Waals surface area contributed by atoms with Crippen molar-refractivity contribution in [2.45, 2.75) is 13.8 Å². The monoisotopic (exact) mass is 398 g/mol. The van der Waals surface area contributed by atoms with Crippen molar-refractivity contribution in [3.63, 3.8) is 0 Å². The highest BCUT2D eigenvalue weighted by atomic mass is 35.5. The number of benzene rings is 2. The smallest absolute Gasteiger partial charge is 0.162 e. The van der Waals surface area contributed by atoms with E-state index in [0.717, 1.165) is 43.6 Å². The number of allylic oxidation sites excluding steroid dienone is 2. The minimum atomic E-state index is 0.0761. The lowest BCUT2D eigenvalue weighted by molar-refractivity contribution is -0.113. The standard InChI is InChI=1S/C22H19ClOS2/c1-15(18-9-6-10-19(23)14-18)13-20(17-7-4-3-5-8-17)21(16(2)24)22-25-11-12-26-22/h3-10,14H,11-12H2,1-2H3. The Balaban J connectivity index is 2.26. The van der Waals surface area contributed by atoms with E-state index in [1.54, 1.807) is 30.4 Å². The molecule has 0 unspecified atom stereocenters. The van der Waals surface area contributed by atoms with Gasteiger partial charge in [-0.3, -0.25) is 4.79 Å². The lowest BCUT2D eigenvalue weighted by Crippen LogP contribution is -2.01. The van der Waals surface area contributed by atoms with Gasteiger partial charge >= 0.3 is 0 Å². The number of hydrogen-bond acceptors (Lipinski definition) is 3. The molecule has 0 saturated carbocycles. The number of halogens is 1. The van der Waals surface area contributed by atoms with Crippen LogP contribution in [0.5, 0.6) is 0 Å². The summed E-state index contributed by atoms with van der Waals surface area (Å²) in [5.41, 5.74) is 8.09. The van der Waals surface area contributed by atoms with Crippen LogP contribution in [0.2, 0.25) is 5.02 Å². The molecular weight excluding hydrogens is 380 g/mol. The fourth-order valence-corrected chi connectivity index (χ4v) is 5.58. The van der Waals surface area contributed by atoms with Gasteiger partial charge in [0.05, 0.1) is 9.81 Å². The first-order chi connectivity index (χ1) is 12.6. The van der Waals surface area contributed by atoms with Crippen molar-refractivity contribution in [3.8, 4) is 0 Å². The molecule has 1 saturated heterocycles. The third-order valence-electron chi connectivity index (χ3n) is 3.99. The van der Waals surface area contributed by atoms with E-state index in [4.69, 9.17) is 11.6 Å². The Kier molecular flexibility index (Phi) is 6.50. The SMILES string of the molecule is CC(=O)C(C(=C=C(C)c1cccc(Cl)c1)c1ccccc1)=C1SCCS1. The molecule has 1 fully saturated rings. The average Bonchev–Trinajstić information content (AvgIpc) is 3.15. The largest absolute Gasteiger partial charge is 0.294 e. The molecule has 0 amide bonds. The van der Waals surface area contributed by atoms with Gasteiger partial charge in [0.15, 0.2) is 5.78 Å². The Morgan fingerprint density at radius 2 is 1.62 bits per heavy atom. The zero-order chi connectivity index (χ0) is 18.5. The quantitative estimate of drug-likeness (QED) is 0.421. The molecule has 0 aliphatic carbocycles. The molecule has 1 heterocycles. The molecule has 0 aromatic heterocycles. The molecule has 3 rings (SSSR count). The van der Waals surface area contributed by atoms with Gasteiger partial charge in [0, 0.05) is 22.1 Å². The van der Waals surface area contributed by atoms with Gasteiger partial charge in [-0.25, -0.2) is 0 Å². The number of ketones is 1. The van der Waals surface area contributed by atoms with Crippen LogP contribution in [0.15, 0.2) is 70.1 Å². The van der Waals surface area contributed by atoms with Crippen LogP contribution in [0.4, 0.5) is 0 Å². The third kappa shape index (κ3) is 4.55. The zero-order valence-electron chi connectivity index (χ0n) is 14.7. The fraction of sp³-hybridized carbons (Fsp3) is 0.182. The maximum atomic E-state index is 12.5. The topological polar surface area (TPSA) is 17.1 Å². The predicted molar refractivity (Wildman–Crippen MR) is 117 cm³/mol. The van der Waals surface area contributed by atoms with Crippen LogP contribution >= 0.6 is 35.1 Å². The Bertz CT molecular complexity index is 914. The van der Waals surface area contributed by atoms with E-state index in [1.807, 2.05) is 61.5 Å². The van der Waals surface area contributed by atoms with E-state index < -0.39 is 0 Å². The van der Waals surface area contributed by atoms with Gasteiger partial charge in [-0.2, -0.15) is 0 Å². The Morgan fingerprint density at radius 3 is 2.23 bits per heavy atom. The van der Waals surface area contributed by atoms with Crippen molar-refractivity contribution in [2.24, 2.45) is 0 Å². The van der Waals surface area contributed by atoms with Crippen molar-refractivity contribution in [3.05, 3.63) is 86.3 Å². The number of carbonyl (C=O) groups is 1. The van der Waals surface area contributed by atoms with Crippen LogP contribution in [0, 0.1) is 0 Å². The van der Waals surface area contributed by atoms with E-state index in [2.05, 4.69) is 5.73 Å². The molecule has 2 aromatic carbocycles. The molecule has 0 radical (unpaired) electrons. The van der Waals surface area contributed by atoms with Gasteiger partial charge in [0.2, 0.25) is 0 Å². The van der Waals surface area contributed by atoms with E-state index >= 15 is 0 Å². The number of rotatable bonds is 4. The molecule has 4 heteroatoms. The summed E-state index contributed by atoms with van der Waals surface area (Å²) in [5.74, 6) is 2.15. The van der Waals surface area contributed by atoms with Gasteiger partial charge in [0.1, 0.15) is 0 Å². The summed E-state index contributed by atoms with van der Waals surface area (Å²) in [6.07, 6.45) is 0. The van der Waals surface area contributed by atoms with E-state index in [9.17, 15) is 4.79 Å². The van der Waals surface area contributed by atoms with Gasteiger partial charge < -0.3 is 0 Å². The molecule has 1 aliphatic rings. The minimum absolute atomic E-state index is 0.0761. The predicted octanol–water partition coefficient (Wildman–Crippen LogP) is 6.71. The van der Waals surface area contributed by atoms with Gasteiger partial charge in [-0.1, -0.05) is 54.1 Å². The molecule has 0 spiro atoms. The van der Waals surface area contributed by atoms with Crippen LogP contribution < -0.4 is 0 Å². The summed E-state index contributed by atoms with van der Waals surface area (Å²) < 4.78 is 1.10. The fourth-order valence-electron chi connectivity index (χ4n) is 2.74. The maximum absolute atomic E-state index is 12.5. The van der Waals surface area contributed by atoms with Crippen molar-refractivity contribution in [1.82, 2.24) is 0 Å². The first kappa shape index (κ1) is 19.1. The van der Waals surface area contributed by atoms with Crippen LogP contribution in [0.25, 0.3) is 11.1 Å². The Labute approximate surface area is 168 Å². The Hall–Kier alpha value is -1.64. The van der Waals surface area contributed by atoms with Crippen molar-refractivity contribution < 1.29 is 4.79 Å². The van der Waals surface area contributed by atoms with E-state index in [-0.39, 0.29) is 5.78 Å². The summed E-state index contributed by atoms with van der Waals surface area (Å²) in [7, 11) is 0. The number of carbonyl (C=O) groups excluding carboxylic acids is 1. The van der Waals surface area contributed by atoms with E-state index in [0.29, 0.717) is 5.02 Å². The number of hydrogen-bond donors (Lipinski definition) is 0. The summed E-state index contributed by atoms with van der Waals surface area (Å²) in [6.45, 7) is 3.65. The summed E-state index contributed by atoms with van der Waals surface area (Å²) in [6, 6.07) is 17.7. The first-order valence-corrected chi connectivity index (χ1v) is 10.7. The highest BCUT2D eigenvalue weighted by molar-refractivity contribution is 8.25. The molecule has 26 heavy (non-hydrogen) atoms. The van der Waals surface area contributed by atoms with Gasteiger partial charge in [-0.15, -0.1) is 29.3 Å². The highest BCUT2D eigenvalue weighted by Crippen LogP contribution is 2.42. The number of Topliss-reactive ketones (excluding diaryl/α,β-unsaturated/α-hetero) is 1. The zero-order valence-corrected chi connectivity index (χ0v) is 17.1. The maximum Gasteiger partial charge on any atom is 0.162 e. The molecule has 1 aliphatic heterocycles. The van der Waals surface area contributed by atoms with Crippen LogP contribution in [-0.4, -0.2) is 17.3 Å². The van der Waals surface area contributed by atoms with Crippen molar-refractivity contribution in [2.75, 3.05) is 11.5 Å². The second-order valence-corrected chi connectivity index (χ2v) is 8.82. The van der Waals surface area contributed by atoms with Crippen molar-refractivity contribution >= 4 is 52.1 Å². The molecule has 132 valence electrons. The van der Waals surface area contributed by atoms with Gasteiger partial charge in [0.25, 0.3) is 0 Å². The summed E-state index contributed by atoms with van der Waals surface area (Å²) in [4.78, 5) is 12.5. The molecular formula is C22H19ClOS2. The van der Waals surface area contributed by atoms with Crippen LogP contribution in [0.1, 0.15) is 25.0 Å². The second kappa shape index (κ2) is 8.83. The minimum Gasteiger partial charge on any atom is -0.294 e. The van der Waals surface area contributed by atoms with E-state index in [1.165, 1.54) is 0 Å². The lowest BCUT2D eigenvalue weighted by Gasteiger charge is -2.11. The molecule has 1 nitrogen and oxygen atoms in total. The molecule has 0 atom stereocenters. The lowest BCUT2D eigenvalue weighted by atomic mass is 9.95. The normalized spacial score (nSPS) is 13.3. The second-order valence-electron chi connectivity index (χ2n) is 5.92.